The van der Waals surface area contributed by atoms with Gasteiger partial charge in [0.2, 0.25) is 5.91 Å². The fourth-order valence-electron chi connectivity index (χ4n) is 2.26. The van der Waals surface area contributed by atoms with Gasteiger partial charge in [-0.25, -0.2) is 0 Å². The van der Waals surface area contributed by atoms with Crippen molar-refractivity contribution in [3.05, 3.63) is 28.8 Å². The molecule has 1 aliphatic rings. The summed E-state index contributed by atoms with van der Waals surface area (Å²) < 4.78 is 0. The molecular weight excluding hydrogens is 268 g/mol. The van der Waals surface area contributed by atoms with Gasteiger partial charge in [-0.1, -0.05) is 30.7 Å². The van der Waals surface area contributed by atoms with E-state index in [0.717, 1.165) is 24.3 Å². The largest absolute Gasteiger partial charge is 0.285 e. The molecule has 1 unspecified atom stereocenters. The number of aryl methyl sites for hydroxylation is 1. The van der Waals surface area contributed by atoms with E-state index < -0.39 is 0 Å². The number of benzene rings is 1. The van der Waals surface area contributed by atoms with Crippen LogP contribution in [0.1, 0.15) is 18.9 Å². The number of halogens is 1. The lowest BCUT2D eigenvalue weighted by Crippen LogP contribution is -2.54. The van der Waals surface area contributed by atoms with Crippen LogP contribution in [0.2, 0.25) is 5.02 Å². The van der Waals surface area contributed by atoms with Gasteiger partial charge in [-0.3, -0.25) is 14.6 Å². The van der Waals surface area contributed by atoms with Gasteiger partial charge in [0.15, 0.2) is 0 Å². The van der Waals surface area contributed by atoms with Gasteiger partial charge in [0, 0.05) is 13.0 Å². The van der Waals surface area contributed by atoms with Gasteiger partial charge < -0.3 is 0 Å². The second-order valence-electron chi connectivity index (χ2n) is 4.39. The van der Waals surface area contributed by atoms with Crippen molar-refractivity contribution in [2.75, 3.05) is 18.0 Å². The van der Waals surface area contributed by atoms with Crippen molar-refractivity contribution in [2.45, 2.75) is 25.8 Å². The number of para-hydroxylation sites is 1. The van der Waals surface area contributed by atoms with Crippen LogP contribution in [0, 0.1) is 6.92 Å². The average Bonchev–Trinajstić information content (AvgIpc) is 2.33. The summed E-state index contributed by atoms with van der Waals surface area (Å²) in [5.41, 5.74) is 1.53. The quantitative estimate of drug-likeness (QED) is 0.844. The van der Waals surface area contributed by atoms with Crippen molar-refractivity contribution in [2.24, 2.45) is 0 Å². The lowest BCUT2D eigenvalue weighted by Gasteiger charge is -2.41. The first-order valence-electron chi connectivity index (χ1n) is 6.05. The van der Waals surface area contributed by atoms with Crippen LogP contribution in [-0.2, 0) is 4.79 Å². The predicted octanol–water partition coefficient (Wildman–Crippen LogP) is 2.92. The van der Waals surface area contributed by atoms with Crippen LogP contribution in [0.4, 0.5) is 5.69 Å². The summed E-state index contributed by atoms with van der Waals surface area (Å²) in [5.74, 6) is 0.0795. The highest BCUT2D eigenvalue weighted by Gasteiger charge is 2.33. The maximum atomic E-state index is 12.2. The minimum absolute atomic E-state index is 0.0795. The molecule has 5 heteroatoms. The van der Waals surface area contributed by atoms with Gasteiger partial charge in [-0.05, 0) is 25.1 Å². The van der Waals surface area contributed by atoms with Crippen LogP contribution in [0.15, 0.2) is 18.2 Å². The highest BCUT2D eigenvalue weighted by atomic mass is 35.5. The number of carbonyl (C=O) groups excluding carboxylic acids is 1. The van der Waals surface area contributed by atoms with Crippen molar-refractivity contribution < 1.29 is 4.79 Å². The number of hydrogen-bond acceptors (Lipinski definition) is 3. The van der Waals surface area contributed by atoms with Gasteiger partial charge in [-0.2, -0.15) is 0 Å². The van der Waals surface area contributed by atoms with Gasteiger partial charge in [-0.15, -0.1) is 12.6 Å². The highest BCUT2D eigenvalue weighted by Crippen LogP contribution is 2.34. The molecule has 1 aromatic carbocycles. The summed E-state index contributed by atoms with van der Waals surface area (Å²) in [5, 5.41) is 0.598. The Kier molecular flexibility index (Phi) is 4.20. The van der Waals surface area contributed by atoms with Crippen molar-refractivity contribution in [1.82, 2.24) is 4.90 Å². The van der Waals surface area contributed by atoms with Gasteiger partial charge in [0.25, 0.3) is 0 Å². The number of nitrogens with zero attached hydrogens (tertiary/aromatic N) is 2. The van der Waals surface area contributed by atoms with E-state index in [-0.39, 0.29) is 11.4 Å². The Bertz CT molecular complexity index is 446. The molecule has 2 rings (SSSR count). The van der Waals surface area contributed by atoms with E-state index in [2.05, 4.69) is 24.5 Å². The van der Waals surface area contributed by atoms with Gasteiger partial charge in [0.05, 0.1) is 10.7 Å². The average molecular weight is 285 g/mol. The maximum Gasteiger partial charge on any atom is 0.230 e. The minimum atomic E-state index is -0.241. The van der Waals surface area contributed by atoms with Crippen molar-refractivity contribution in [1.29, 1.82) is 0 Å². The zero-order valence-corrected chi connectivity index (χ0v) is 12.2. The first kappa shape index (κ1) is 13.7. The summed E-state index contributed by atoms with van der Waals surface area (Å²) in [4.78, 5) is 16.0. The first-order valence-corrected chi connectivity index (χ1v) is 6.95. The Hall–Kier alpha value is -0.710. The molecule has 0 spiro atoms. The fourth-order valence-corrected chi connectivity index (χ4v) is 3.09. The zero-order chi connectivity index (χ0) is 13.3. The fraction of sp³-hybridized carbons (Fsp3) is 0.462. The van der Waals surface area contributed by atoms with E-state index in [9.17, 15) is 4.79 Å². The summed E-state index contributed by atoms with van der Waals surface area (Å²) in [6, 6.07) is 5.66. The Balaban J connectivity index is 2.43. The van der Waals surface area contributed by atoms with Crippen LogP contribution < -0.4 is 4.90 Å². The number of carbonyl (C=O) groups is 1. The second-order valence-corrected chi connectivity index (χ2v) is 5.26. The maximum absolute atomic E-state index is 12.2. The summed E-state index contributed by atoms with van der Waals surface area (Å²) in [7, 11) is 0. The predicted molar refractivity (Wildman–Crippen MR) is 78.3 cm³/mol. The molecular formula is C13H17ClN2OS. The molecule has 98 valence electrons. The monoisotopic (exact) mass is 284 g/mol. The van der Waals surface area contributed by atoms with Crippen LogP contribution in [0.25, 0.3) is 0 Å². The summed E-state index contributed by atoms with van der Waals surface area (Å²) >= 11 is 10.8. The standard InChI is InChI=1S/C13H17ClN2OS/c1-3-15-8-7-11(17)16(13(15)18)12-9(2)5-4-6-10(12)14/h4-6,13,18H,3,7-8H2,1-2H3. The number of anilines is 1. The van der Waals surface area contributed by atoms with Crippen molar-refractivity contribution in [3.8, 4) is 0 Å². The normalized spacial score (nSPS) is 21.4. The van der Waals surface area contributed by atoms with E-state index in [1.807, 2.05) is 25.1 Å². The van der Waals surface area contributed by atoms with E-state index in [4.69, 9.17) is 11.6 Å². The molecule has 0 bridgehead atoms. The molecule has 0 aromatic heterocycles. The lowest BCUT2D eigenvalue weighted by atomic mass is 10.1. The van der Waals surface area contributed by atoms with Crippen LogP contribution in [0.3, 0.4) is 0 Å². The second kappa shape index (κ2) is 5.51. The summed E-state index contributed by atoms with van der Waals surface area (Å²) in [6.45, 7) is 5.64. The summed E-state index contributed by atoms with van der Waals surface area (Å²) in [6.07, 6.45) is 0.509. The van der Waals surface area contributed by atoms with E-state index in [0.29, 0.717) is 11.4 Å². The molecule has 0 aliphatic carbocycles. The number of amides is 1. The smallest absolute Gasteiger partial charge is 0.230 e. The molecule has 0 radical (unpaired) electrons. The van der Waals surface area contributed by atoms with Crippen molar-refractivity contribution >= 4 is 35.8 Å². The number of rotatable bonds is 2. The van der Waals surface area contributed by atoms with Crippen LogP contribution >= 0.6 is 24.2 Å². The number of hydrogen-bond donors (Lipinski definition) is 1. The zero-order valence-electron chi connectivity index (χ0n) is 10.6. The van der Waals surface area contributed by atoms with E-state index in [1.54, 1.807) is 4.90 Å². The molecule has 0 saturated carbocycles. The highest BCUT2D eigenvalue weighted by molar-refractivity contribution is 7.81. The third-order valence-electron chi connectivity index (χ3n) is 3.27. The van der Waals surface area contributed by atoms with E-state index in [1.165, 1.54) is 0 Å². The molecule has 1 fully saturated rings. The van der Waals surface area contributed by atoms with Crippen LogP contribution in [0.5, 0.6) is 0 Å². The Morgan fingerprint density at radius 2 is 2.22 bits per heavy atom. The molecule has 18 heavy (non-hydrogen) atoms. The molecule has 1 saturated heterocycles. The third kappa shape index (κ3) is 2.37. The lowest BCUT2D eigenvalue weighted by molar-refractivity contribution is -0.121. The van der Waals surface area contributed by atoms with E-state index >= 15 is 0 Å². The molecule has 1 atom stereocenters. The Morgan fingerprint density at radius 3 is 2.83 bits per heavy atom. The Morgan fingerprint density at radius 1 is 1.50 bits per heavy atom. The molecule has 3 nitrogen and oxygen atoms in total. The van der Waals surface area contributed by atoms with Crippen molar-refractivity contribution in [3.63, 3.8) is 0 Å². The molecule has 1 amide bonds. The molecule has 0 N–H and O–H groups in total. The van der Waals surface area contributed by atoms with Crippen LogP contribution in [-0.4, -0.2) is 29.4 Å². The van der Waals surface area contributed by atoms with Gasteiger partial charge in [0.1, 0.15) is 5.50 Å². The number of thiol groups is 1. The minimum Gasteiger partial charge on any atom is -0.285 e. The molecule has 1 heterocycles. The topological polar surface area (TPSA) is 23.6 Å². The first-order chi connectivity index (χ1) is 8.56. The van der Waals surface area contributed by atoms with Gasteiger partial charge >= 0.3 is 0 Å². The molecule has 1 aliphatic heterocycles. The third-order valence-corrected chi connectivity index (χ3v) is 4.14. The SMILES string of the molecule is CCN1CCC(=O)N(c2c(C)cccc2Cl)C1S. The Labute approximate surface area is 118 Å². The molecule has 1 aromatic rings.